The van der Waals surface area contributed by atoms with Crippen LogP contribution in [0.5, 0.6) is 0 Å². The number of carbonyl (C=O) groups is 1. The summed E-state index contributed by atoms with van der Waals surface area (Å²) in [7, 11) is 0. The van der Waals surface area contributed by atoms with Crippen molar-refractivity contribution in [3.63, 3.8) is 0 Å². The van der Waals surface area contributed by atoms with E-state index < -0.39 is 0 Å². The molecule has 1 N–H and O–H groups in total. The molecule has 0 aliphatic heterocycles. The molecule has 4 nitrogen and oxygen atoms in total. The average Bonchev–Trinajstić information content (AvgIpc) is 2.58. The molecule has 80 valence electrons. The van der Waals surface area contributed by atoms with Crippen LogP contribution in [0.1, 0.15) is 26.2 Å². The lowest BCUT2D eigenvalue weighted by molar-refractivity contribution is -0.432. The van der Waals surface area contributed by atoms with Crippen molar-refractivity contribution in [1.29, 1.82) is 0 Å². The molecule has 3 unspecified atom stereocenters. The van der Waals surface area contributed by atoms with Crippen molar-refractivity contribution >= 4 is 17.8 Å². The zero-order valence-electron chi connectivity index (χ0n) is 8.06. The third-order valence-corrected chi connectivity index (χ3v) is 4.73. The van der Waals surface area contributed by atoms with Gasteiger partial charge in [0.05, 0.1) is 0 Å². The van der Waals surface area contributed by atoms with Gasteiger partial charge in [-0.05, 0) is 24.7 Å². The molecule has 2 bridgehead atoms. The molecule has 3 atom stereocenters. The first kappa shape index (κ1) is 10.4. The van der Waals surface area contributed by atoms with E-state index in [4.69, 9.17) is 5.26 Å². The number of Topliss-reactive ketones (excluding diaryl/α,β-unsaturated/α-hetero) is 1. The molecule has 0 radical (unpaired) electrons. The SMILES string of the molecule is CC1C2CCC1(CSOOO)C(=O)C2. The summed E-state index contributed by atoms with van der Waals surface area (Å²) in [6.07, 6.45) is 2.83. The first-order chi connectivity index (χ1) is 6.70. The van der Waals surface area contributed by atoms with Gasteiger partial charge in [-0.2, -0.15) is 0 Å². The molecule has 0 amide bonds. The lowest BCUT2D eigenvalue weighted by Gasteiger charge is -2.26. The molecule has 2 aliphatic carbocycles. The molecular formula is C9H14O4S. The third-order valence-electron chi connectivity index (χ3n) is 3.94. The Bertz CT molecular complexity index is 245. The predicted octanol–water partition coefficient (Wildman–Crippen LogP) is 2.06. The molecule has 0 heterocycles. The summed E-state index contributed by atoms with van der Waals surface area (Å²) in [4.78, 5) is 11.8. The van der Waals surface area contributed by atoms with Gasteiger partial charge in [-0.15, -0.1) is 4.33 Å². The molecule has 0 saturated heterocycles. The molecule has 2 aliphatic rings. The number of rotatable bonds is 4. The lowest BCUT2D eigenvalue weighted by atomic mass is 9.81. The first-order valence-electron chi connectivity index (χ1n) is 4.84. The minimum Gasteiger partial charge on any atom is -0.299 e. The molecule has 5 heteroatoms. The molecular weight excluding hydrogens is 204 g/mol. The van der Waals surface area contributed by atoms with E-state index in [0.29, 0.717) is 23.4 Å². The highest BCUT2D eigenvalue weighted by Crippen LogP contribution is 2.57. The topological polar surface area (TPSA) is 55.8 Å². The van der Waals surface area contributed by atoms with Gasteiger partial charge in [-0.1, -0.05) is 12.0 Å². The van der Waals surface area contributed by atoms with Gasteiger partial charge in [0, 0.05) is 29.6 Å². The zero-order valence-corrected chi connectivity index (χ0v) is 8.88. The van der Waals surface area contributed by atoms with E-state index >= 15 is 0 Å². The van der Waals surface area contributed by atoms with Crippen LogP contribution in [0.15, 0.2) is 0 Å². The zero-order chi connectivity index (χ0) is 10.2. The summed E-state index contributed by atoms with van der Waals surface area (Å²) in [5, 5.41) is 11.5. The van der Waals surface area contributed by atoms with Crippen molar-refractivity contribution in [2.24, 2.45) is 17.3 Å². The van der Waals surface area contributed by atoms with Crippen molar-refractivity contribution in [3.8, 4) is 0 Å². The highest BCUT2D eigenvalue weighted by molar-refractivity contribution is 7.94. The van der Waals surface area contributed by atoms with Gasteiger partial charge in [0.1, 0.15) is 5.78 Å². The van der Waals surface area contributed by atoms with E-state index in [-0.39, 0.29) is 5.41 Å². The van der Waals surface area contributed by atoms with Crippen LogP contribution in [0, 0.1) is 17.3 Å². The summed E-state index contributed by atoms with van der Waals surface area (Å²) in [5.74, 6) is 1.96. The molecule has 0 aromatic carbocycles. The quantitative estimate of drug-likeness (QED) is 0.339. The first-order valence-corrected chi connectivity index (χ1v) is 5.75. The summed E-state index contributed by atoms with van der Waals surface area (Å²) < 4.78 is 4.36. The van der Waals surface area contributed by atoms with E-state index in [1.54, 1.807) is 0 Å². The van der Waals surface area contributed by atoms with Crippen molar-refractivity contribution in [2.45, 2.75) is 26.2 Å². The fraction of sp³-hybridized carbons (Fsp3) is 0.889. The Kier molecular flexibility index (Phi) is 2.83. The molecule has 2 fully saturated rings. The number of hydrogen-bond donors (Lipinski definition) is 1. The van der Waals surface area contributed by atoms with Crippen LogP contribution >= 0.6 is 12.0 Å². The minimum atomic E-state index is -0.214. The van der Waals surface area contributed by atoms with E-state index in [1.165, 1.54) is 0 Å². The monoisotopic (exact) mass is 218 g/mol. The van der Waals surface area contributed by atoms with E-state index in [0.717, 1.165) is 31.3 Å². The Labute approximate surface area is 87.0 Å². The highest BCUT2D eigenvalue weighted by Gasteiger charge is 2.57. The Hall–Kier alpha value is -0.100. The lowest BCUT2D eigenvalue weighted by Crippen LogP contribution is -2.32. The molecule has 0 aromatic rings. The summed E-state index contributed by atoms with van der Waals surface area (Å²) in [6, 6.07) is 0. The Morgan fingerprint density at radius 3 is 3.00 bits per heavy atom. The fourth-order valence-electron chi connectivity index (χ4n) is 2.92. The fourth-order valence-corrected chi connectivity index (χ4v) is 3.79. The normalized spacial score (nSPS) is 40.9. The van der Waals surface area contributed by atoms with Gasteiger partial charge in [-0.3, -0.25) is 4.79 Å². The minimum absolute atomic E-state index is 0.214. The summed E-state index contributed by atoms with van der Waals surface area (Å²) in [6.45, 7) is 2.14. The van der Waals surface area contributed by atoms with Crippen LogP contribution < -0.4 is 0 Å². The molecule has 2 rings (SSSR count). The maximum absolute atomic E-state index is 11.8. The van der Waals surface area contributed by atoms with Crippen LogP contribution in [-0.4, -0.2) is 16.8 Å². The molecule has 0 aromatic heterocycles. The van der Waals surface area contributed by atoms with E-state index in [1.807, 2.05) is 0 Å². The van der Waals surface area contributed by atoms with Crippen molar-refractivity contribution in [3.05, 3.63) is 0 Å². The third kappa shape index (κ3) is 1.39. The number of fused-ring (bicyclic) bond motifs is 2. The van der Waals surface area contributed by atoms with E-state index in [9.17, 15) is 4.79 Å². The summed E-state index contributed by atoms with van der Waals surface area (Å²) in [5.41, 5.74) is -0.214. The number of hydrogen-bond acceptors (Lipinski definition) is 5. The van der Waals surface area contributed by atoms with Crippen LogP contribution in [0.3, 0.4) is 0 Å². The van der Waals surface area contributed by atoms with Gasteiger partial charge < -0.3 is 0 Å². The van der Waals surface area contributed by atoms with Crippen LogP contribution in [-0.2, 0) is 14.2 Å². The molecule has 0 spiro atoms. The highest BCUT2D eigenvalue weighted by atomic mass is 32.2. The van der Waals surface area contributed by atoms with E-state index in [2.05, 4.69) is 16.3 Å². The molecule has 2 saturated carbocycles. The van der Waals surface area contributed by atoms with Crippen molar-refractivity contribution in [2.75, 3.05) is 5.75 Å². The Morgan fingerprint density at radius 2 is 2.50 bits per heavy atom. The second kappa shape index (κ2) is 3.81. The van der Waals surface area contributed by atoms with Gasteiger partial charge in [0.25, 0.3) is 0 Å². The second-order valence-corrected chi connectivity index (χ2v) is 4.94. The van der Waals surface area contributed by atoms with Gasteiger partial charge in [0.15, 0.2) is 0 Å². The maximum atomic E-state index is 11.8. The van der Waals surface area contributed by atoms with Crippen LogP contribution in [0.25, 0.3) is 0 Å². The summed E-state index contributed by atoms with van der Waals surface area (Å²) >= 11 is 1.02. The average molecular weight is 218 g/mol. The Balaban J connectivity index is 2.01. The predicted molar refractivity (Wildman–Crippen MR) is 51.2 cm³/mol. The van der Waals surface area contributed by atoms with Crippen LogP contribution in [0.2, 0.25) is 0 Å². The largest absolute Gasteiger partial charge is 0.299 e. The van der Waals surface area contributed by atoms with Crippen LogP contribution in [0.4, 0.5) is 0 Å². The molecule has 14 heavy (non-hydrogen) atoms. The number of ketones is 1. The van der Waals surface area contributed by atoms with Crippen molar-refractivity contribution in [1.82, 2.24) is 0 Å². The Morgan fingerprint density at radius 1 is 1.71 bits per heavy atom. The second-order valence-electron chi connectivity index (χ2n) is 4.28. The number of carbonyl (C=O) groups excluding carboxylic acids is 1. The van der Waals surface area contributed by atoms with Gasteiger partial charge in [0.2, 0.25) is 0 Å². The van der Waals surface area contributed by atoms with Gasteiger partial charge in [-0.25, -0.2) is 5.26 Å². The standard InChI is InChI=1S/C9H14O4S/c1-6-7-2-3-9(6,8(10)4-7)5-14-13-12-11/h6-7,11H,2-5H2,1H3. The smallest absolute Gasteiger partial charge is 0.140 e. The van der Waals surface area contributed by atoms with Gasteiger partial charge >= 0.3 is 0 Å². The maximum Gasteiger partial charge on any atom is 0.140 e. The van der Waals surface area contributed by atoms with Crippen molar-refractivity contribution < 1.29 is 19.4 Å².